The summed E-state index contributed by atoms with van der Waals surface area (Å²) in [5.41, 5.74) is -0.194. The van der Waals surface area contributed by atoms with Crippen molar-refractivity contribution in [2.75, 3.05) is 6.61 Å². The zero-order valence-corrected chi connectivity index (χ0v) is 9.71. The number of rotatable bonds is 6. The Kier molecular flexibility index (Phi) is 4.29. The third-order valence-corrected chi connectivity index (χ3v) is 2.96. The minimum atomic E-state index is -0.194. The van der Waals surface area contributed by atoms with Gasteiger partial charge in [0.15, 0.2) is 5.89 Å². The van der Waals surface area contributed by atoms with E-state index in [4.69, 9.17) is 4.42 Å². The molecule has 1 rings (SSSR count). The number of aromatic nitrogens is 1. The fourth-order valence-corrected chi connectivity index (χ4v) is 1.54. The first kappa shape index (κ1) is 12.2. The van der Waals surface area contributed by atoms with Gasteiger partial charge in [-0.2, -0.15) is 0 Å². The molecule has 4 heteroatoms. The van der Waals surface area contributed by atoms with Gasteiger partial charge in [0.2, 0.25) is 0 Å². The average molecular weight is 212 g/mol. The molecule has 0 unspecified atom stereocenters. The Labute approximate surface area is 90.7 Å². The monoisotopic (exact) mass is 212 g/mol. The van der Waals surface area contributed by atoms with Crippen LogP contribution < -0.4 is 5.32 Å². The second kappa shape index (κ2) is 5.28. The van der Waals surface area contributed by atoms with Crippen molar-refractivity contribution in [1.29, 1.82) is 0 Å². The van der Waals surface area contributed by atoms with Crippen molar-refractivity contribution < 1.29 is 9.52 Å². The molecule has 0 amide bonds. The Hall–Kier alpha value is -0.870. The van der Waals surface area contributed by atoms with Crippen LogP contribution in [0.3, 0.4) is 0 Å². The molecule has 4 nitrogen and oxygen atoms in total. The van der Waals surface area contributed by atoms with E-state index in [9.17, 15) is 5.11 Å². The summed E-state index contributed by atoms with van der Waals surface area (Å²) in [6.45, 7) is 6.72. The maximum Gasteiger partial charge on any atom is 0.191 e. The molecule has 1 aromatic heterocycles. The molecule has 1 heterocycles. The number of aliphatic hydroxyl groups excluding tert-OH is 1. The van der Waals surface area contributed by atoms with E-state index in [0.29, 0.717) is 12.4 Å². The first-order valence-corrected chi connectivity index (χ1v) is 5.43. The number of oxazole rings is 1. The molecule has 0 aliphatic rings. The minimum Gasteiger partial charge on any atom is -0.445 e. The van der Waals surface area contributed by atoms with Crippen LogP contribution in [0.15, 0.2) is 10.6 Å². The van der Waals surface area contributed by atoms with Gasteiger partial charge in [-0.25, -0.2) is 4.98 Å². The molecule has 0 atom stereocenters. The van der Waals surface area contributed by atoms with Crippen LogP contribution in [0.2, 0.25) is 0 Å². The number of hydrogen-bond donors (Lipinski definition) is 2. The van der Waals surface area contributed by atoms with E-state index < -0.39 is 0 Å². The van der Waals surface area contributed by atoms with Crippen molar-refractivity contribution in [2.24, 2.45) is 0 Å². The molecule has 0 spiro atoms. The van der Waals surface area contributed by atoms with Gasteiger partial charge in [0.05, 0.1) is 19.3 Å². The molecule has 0 aliphatic heterocycles. The van der Waals surface area contributed by atoms with Gasteiger partial charge in [0.1, 0.15) is 5.76 Å². The standard InChI is InChI=1S/C11H20N2O2/c1-4-11(5-2,8-14)13-7-10-6-12-9(3)15-10/h6,13-14H,4-5,7-8H2,1-3H3. The smallest absolute Gasteiger partial charge is 0.191 e. The summed E-state index contributed by atoms with van der Waals surface area (Å²) in [5.74, 6) is 1.49. The summed E-state index contributed by atoms with van der Waals surface area (Å²) in [4.78, 5) is 4.03. The van der Waals surface area contributed by atoms with Crippen molar-refractivity contribution >= 4 is 0 Å². The van der Waals surface area contributed by atoms with E-state index in [0.717, 1.165) is 18.6 Å². The summed E-state index contributed by atoms with van der Waals surface area (Å²) < 4.78 is 5.36. The van der Waals surface area contributed by atoms with Gasteiger partial charge >= 0.3 is 0 Å². The van der Waals surface area contributed by atoms with Crippen LogP contribution >= 0.6 is 0 Å². The number of aryl methyl sites for hydroxylation is 1. The molecule has 2 N–H and O–H groups in total. The molecule has 0 aliphatic carbocycles. The molecule has 0 saturated heterocycles. The zero-order chi connectivity index (χ0) is 11.3. The van der Waals surface area contributed by atoms with Crippen LogP contribution in [0.4, 0.5) is 0 Å². The molecule has 0 fully saturated rings. The van der Waals surface area contributed by atoms with E-state index in [1.54, 1.807) is 6.20 Å². The summed E-state index contributed by atoms with van der Waals surface area (Å²) in [6, 6.07) is 0. The van der Waals surface area contributed by atoms with Gasteiger partial charge in [0, 0.05) is 12.5 Å². The fourth-order valence-electron chi connectivity index (χ4n) is 1.54. The predicted octanol–water partition coefficient (Wildman–Crippen LogP) is 1.62. The number of hydrogen-bond acceptors (Lipinski definition) is 4. The van der Waals surface area contributed by atoms with Crippen LogP contribution in [0.1, 0.15) is 38.3 Å². The number of nitrogens with zero attached hydrogens (tertiary/aromatic N) is 1. The van der Waals surface area contributed by atoms with Crippen molar-refractivity contribution in [3.05, 3.63) is 17.8 Å². The molecule has 0 aromatic carbocycles. The van der Waals surface area contributed by atoms with Gasteiger partial charge in [-0.15, -0.1) is 0 Å². The normalized spacial score (nSPS) is 12.0. The highest BCUT2D eigenvalue weighted by Gasteiger charge is 2.24. The molecule has 1 aromatic rings. The quantitative estimate of drug-likeness (QED) is 0.752. The van der Waals surface area contributed by atoms with Crippen molar-refractivity contribution in [1.82, 2.24) is 10.3 Å². The maximum absolute atomic E-state index is 9.35. The van der Waals surface area contributed by atoms with Gasteiger partial charge in [-0.05, 0) is 12.8 Å². The Morgan fingerprint density at radius 3 is 2.53 bits per heavy atom. The van der Waals surface area contributed by atoms with E-state index >= 15 is 0 Å². The van der Waals surface area contributed by atoms with Crippen LogP contribution in [-0.2, 0) is 6.54 Å². The van der Waals surface area contributed by atoms with Crippen LogP contribution in [-0.4, -0.2) is 22.2 Å². The third kappa shape index (κ3) is 3.04. The SMILES string of the molecule is CCC(CC)(CO)NCc1cnc(C)o1. The Morgan fingerprint density at radius 2 is 2.13 bits per heavy atom. The second-order valence-corrected chi connectivity index (χ2v) is 3.84. The topological polar surface area (TPSA) is 58.3 Å². The van der Waals surface area contributed by atoms with Crippen molar-refractivity contribution in [2.45, 2.75) is 45.7 Å². The summed E-state index contributed by atoms with van der Waals surface area (Å²) >= 11 is 0. The number of nitrogens with one attached hydrogen (secondary N) is 1. The lowest BCUT2D eigenvalue weighted by molar-refractivity contribution is 0.147. The largest absolute Gasteiger partial charge is 0.445 e. The van der Waals surface area contributed by atoms with Gasteiger partial charge in [-0.3, -0.25) is 0 Å². The molecular formula is C11H20N2O2. The highest BCUT2D eigenvalue weighted by molar-refractivity contribution is 4.95. The summed E-state index contributed by atoms with van der Waals surface area (Å²) in [6.07, 6.45) is 3.51. The van der Waals surface area contributed by atoms with Gasteiger partial charge in [0.25, 0.3) is 0 Å². The van der Waals surface area contributed by atoms with Crippen LogP contribution in [0, 0.1) is 6.92 Å². The highest BCUT2D eigenvalue weighted by atomic mass is 16.4. The van der Waals surface area contributed by atoms with E-state index in [1.807, 2.05) is 6.92 Å². The molecule has 0 bridgehead atoms. The Bertz CT molecular complexity index is 284. The van der Waals surface area contributed by atoms with E-state index in [2.05, 4.69) is 24.1 Å². The van der Waals surface area contributed by atoms with Crippen molar-refractivity contribution in [3.8, 4) is 0 Å². The van der Waals surface area contributed by atoms with E-state index in [1.165, 1.54) is 0 Å². The summed E-state index contributed by atoms with van der Waals surface area (Å²) in [7, 11) is 0. The molecule has 0 saturated carbocycles. The molecule has 86 valence electrons. The number of aliphatic hydroxyl groups is 1. The van der Waals surface area contributed by atoms with Gasteiger partial charge in [-0.1, -0.05) is 13.8 Å². The Morgan fingerprint density at radius 1 is 1.47 bits per heavy atom. The Balaban J connectivity index is 2.54. The lowest BCUT2D eigenvalue weighted by Gasteiger charge is -2.30. The zero-order valence-electron chi connectivity index (χ0n) is 9.71. The lowest BCUT2D eigenvalue weighted by Crippen LogP contribution is -2.46. The molecule has 0 radical (unpaired) electrons. The maximum atomic E-state index is 9.35. The van der Waals surface area contributed by atoms with Gasteiger partial charge < -0.3 is 14.8 Å². The summed E-state index contributed by atoms with van der Waals surface area (Å²) in [5, 5.41) is 12.7. The average Bonchev–Trinajstić information content (AvgIpc) is 2.67. The van der Waals surface area contributed by atoms with Crippen molar-refractivity contribution in [3.63, 3.8) is 0 Å². The third-order valence-electron chi connectivity index (χ3n) is 2.96. The fraction of sp³-hybridized carbons (Fsp3) is 0.727. The second-order valence-electron chi connectivity index (χ2n) is 3.84. The molecular weight excluding hydrogens is 192 g/mol. The first-order valence-electron chi connectivity index (χ1n) is 5.43. The highest BCUT2D eigenvalue weighted by Crippen LogP contribution is 2.15. The molecule has 15 heavy (non-hydrogen) atoms. The van der Waals surface area contributed by atoms with Crippen LogP contribution in [0.5, 0.6) is 0 Å². The van der Waals surface area contributed by atoms with E-state index in [-0.39, 0.29) is 12.1 Å². The minimum absolute atomic E-state index is 0.146. The predicted molar refractivity (Wildman–Crippen MR) is 58.5 cm³/mol. The van der Waals surface area contributed by atoms with Crippen LogP contribution in [0.25, 0.3) is 0 Å². The first-order chi connectivity index (χ1) is 7.15. The lowest BCUT2D eigenvalue weighted by atomic mass is 9.94.